The lowest BCUT2D eigenvalue weighted by atomic mass is 9.81. The number of rotatable bonds is 5. The van der Waals surface area contributed by atoms with Gasteiger partial charge in [-0.1, -0.05) is 31.6 Å². The fourth-order valence-corrected chi connectivity index (χ4v) is 1.70. The fraction of sp³-hybridized carbons (Fsp3) is 0.538. The predicted molar refractivity (Wildman–Crippen MR) is 59.1 cm³/mol. The van der Waals surface area contributed by atoms with Gasteiger partial charge >= 0.3 is 0 Å². The summed E-state index contributed by atoms with van der Waals surface area (Å²) < 4.78 is 0. The molecule has 1 aliphatic carbocycles. The molecule has 0 saturated carbocycles. The lowest BCUT2D eigenvalue weighted by Crippen LogP contribution is -2.12. The summed E-state index contributed by atoms with van der Waals surface area (Å²) >= 11 is 0. The normalized spacial score (nSPS) is 17.2. The first kappa shape index (κ1) is 10.6. The van der Waals surface area contributed by atoms with Crippen LogP contribution in [0.3, 0.4) is 0 Å². The van der Waals surface area contributed by atoms with Crippen molar-refractivity contribution in [2.75, 3.05) is 0 Å². The summed E-state index contributed by atoms with van der Waals surface area (Å²) in [7, 11) is 0. The molecule has 1 aliphatic rings. The van der Waals surface area contributed by atoms with E-state index in [1.54, 1.807) is 0 Å². The molecule has 0 spiro atoms. The third-order valence-electron chi connectivity index (χ3n) is 2.48. The molecule has 0 aliphatic heterocycles. The molecule has 1 rings (SSSR count). The molecule has 0 N–H and O–H groups in total. The summed E-state index contributed by atoms with van der Waals surface area (Å²) in [5.74, 6) is 0. The second kappa shape index (κ2) is 4.64. The van der Waals surface area contributed by atoms with Gasteiger partial charge in [0, 0.05) is 0 Å². The maximum Gasteiger partial charge on any atom is -0.00779 e. The van der Waals surface area contributed by atoms with Gasteiger partial charge in [-0.25, -0.2) is 0 Å². The Morgan fingerprint density at radius 1 is 1.46 bits per heavy atom. The topological polar surface area (TPSA) is 0 Å². The lowest BCUT2D eigenvalue weighted by molar-refractivity contribution is 0.411. The Balaban J connectivity index is 2.35. The monoisotopic (exact) mass is 176 g/mol. The van der Waals surface area contributed by atoms with E-state index >= 15 is 0 Å². The maximum absolute atomic E-state index is 3.76. The summed E-state index contributed by atoms with van der Waals surface area (Å²) in [5.41, 5.74) is 1.76. The van der Waals surface area contributed by atoms with E-state index in [9.17, 15) is 0 Å². The maximum atomic E-state index is 3.76. The molecule has 0 heterocycles. The molecule has 0 fully saturated rings. The average Bonchev–Trinajstić information content (AvgIpc) is 2.52. The van der Waals surface area contributed by atoms with Crippen LogP contribution < -0.4 is 0 Å². The van der Waals surface area contributed by atoms with Crippen molar-refractivity contribution >= 4 is 0 Å². The lowest BCUT2D eigenvalue weighted by Gasteiger charge is -2.24. The molecule has 72 valence electrons. The first-order valence-corrected chi connectivity index (χ1v) is 5.14. The first-order valence-electron chi connectivity index (χ1n) is 5.14. The third-order valence-corrected chi connectivity index (χ3v) is 2.48. The average molecular weight is 176 g/mol. The zero-order chi connectivity index (χ0) is 9.73. The van der Waals surface area contributed by atoms with Crippen molar-refractivity contribution < 1.29 is 0 Å². The standard InChI is InChI=1S/C13H20/c1-4-5-10-13(2,3)11-12-8-6-7-9-12/h4,8-9,11H,1,5-7,10H2,2-3H3. The highest BCUT2D eigenvalue weighted by Gasteiger charge is 2.20. The fourth-order valence-electron chi connectivity index (χ4n) is 1.70. The SMILES string of the molecule is C=CCCC(C)(C)[CH]C1=CCC[CH]1. The van der Waals surface area contributed by atoms with E-state index in [-0.39, 0.29) is 0 Å². The van der Waals surface area contributed by atoms with Gasteiger partial charge < -0.3 is 0 Å². The molecular formula is C13H20. The molecule has 0 aromatic carbocycles. The van der Waals surface area contributed by atoms with Crippen LogP contribution in [0.4, 0.5) is 0 Å². The zero-order valence-corrected chi connectivity index (χ0v) is 8.84. The minimum absolute atomic E-state index is 0.320. The van der Waals surface area contributed by atoms with Gasteiger partial charge in [0.1, 0.15) is 0 Å². The van der Waals surface area contributed by atoms with Crippen molar-refractivity contribution in [1.82, 2.24) is 0 Å². The van der Waals surface area contributed by atoms with Gasteiger partial charge in [-0.15, -0.1) is 6.58 Å². The third kappa shape index (κ3) is 3.80. The summed E-state index contributed by atoms with van der Waals surface area (Å²) in [6.45, 7) is 8.35. The molecule has 0 nitrogen and oxygen atoms in total. The Morgan fingerprint density at radius 2 is 2.23 bits per heavy atom. The van der Waals surface area contributed by atoms with Crippen molar-refractivity contribution in [2.45, 2.75) is 39.5 Å². The van der Waals surface area contributed by atoms with Crippen LogP contribution in [0.1, 0.15) is 39.5 Å². The Bertz CT molecular complexity index is 196. The van der Waals surface area contributed by atoms with E-state index in [1.165, 1.54) is 24.8 Å². The number of allylic oxidation sites excluding steroid dienone is 3. The smallest absolute Gasteiger partial charge is 0.00779 e. The van der Waals surface area contributed by atoms with Gasteiger partial charge in [-0.3, -0.25) is 0 Å². The molecular weight excluding hydrogens is 156 g/mol. The van der Waals surface area contributed by atoms with Crippen molar-refractivity contribution in [3.05, 3.63) is 37.1 Å². The molecule has 0 heteroatoms. The first-order chi connectivity index (χ1) is 6.14. The minimum atomic E-state index is 0.320. The van der Waals surface area contributed by atoms with Crippen molar-refractivity contribution in [1.29, 1.82) is 0 Å². The van der Waals surface area contributed by atoms with Gasteiger partial charge in [0.15, 0.2) is 0 Å². The van der Waals surface area contributed by atoms with Gasteiger partial charge in [0.25, 0.3) is 0 Å². The van der Waals surface area contributed by atoms with E-state index in [0.717, 1.165) is 6.42 Å². The Hall–Kier alpha value is -0.520. The number of hydrogen-bond donors (Lipinski definition) is 0. The van der Waals surface area contributed by atoms with Crippen LogP contribution in [-0.2, 0) is 0 Å². The molecule has 13 heavy (non-hydrogen) atoms. The molecule has 0 unspecified atom stereocenters. The van der Waals surface area contributed by atoms with Gasteiger partial charge in [-0.05, 0) is 43.9 Å². The second-order valence-electron chi connectivity index (χ2n) is 4.45. The summed E-state index contributed by atoms with van der Waals surface area (Å²) in [6.07, 6.45) is 13.8. The minimum Gasteiger partial charge on any atom is -0.103 e. The Labute approximate surface area is 82.7 Å². The van der Waals surface area contributed by atoms with Crippen LogP contribution >= 0.6 is 0 Å². The second-order valence-corrected chi connectivity index (χ2v) is 4.45. The molecule has 0 aromatic heterocycles. The highest BCUT2D eigenvalue weighted by Crippen LogP contribution is 2.33. The van der Waals surface area contributed by atoms with Crippen LogP contribution in [0.15, 0.2) is 24.3 Å². The molecule has 0 amide bonds. The van der Waals surface area contributed by atoms with Gasteiger partial charge in [0.05, 0.1) is 0 Å². The van der Waals surface area contributed by atoms with Crippen molar-refractivity contribution in [2.24, 2.45) is 5.41 Å². The Kier molecular flexibility index (Phi) is 3.77. The quantitative estimate of drug-likeness (QED) is 0.553. The molecule has 0 bridgehead atoms. The zero-order valence-electron chi connectivity index (χ0n) is 8.84. The molecule has 0 atom stereocenters. The van der Waals surface area contributed by atoms with E-state index in [1.807, 2.05) is 6.08 Å². The summed E-state index contributed by atoms with van der Waals surface area (Å²) in [5, 5.41) is 0. The van der Waals surface area contributed by atoms with Crippen LogP contribution in [0.25, 0.3) is 0 Å². The Morgan fingerprint density at radius 3 is 2.77 bits per heavy atom. The van der Waals surface area contributed by atoms with E-state index in [0.29, 0.717) is 5.41 Å². The highest BCUT2D eigenvalue weighted by molar-refractivity contribution is 5.29. The van der Waals surface area contributed by atoms with Gasteiger partial charge in [0.2, 0.25) is 0 Å². The predicted octanol–water partition coefficient (Wildman–Crippen LogP) is 4.11. The molecule has 0 saturated heterocycles. The van der Waals surface area contributed by atoms with E-state index in [4.69, 9.17) is 0 Å². The van der Waals surface area contributed by atoms with Crippen LogP contribution in [-0.4, -0.2) is 0 Å². The summed E-state index contributed by atoms with van der Waals surface area (Å²) in [6, 6.07) is 0. The van der Waals surface area contributed by atoms with E-state index < -0.39 is 0 Å². The van der Waals surface area contributed by atoms with Crippen LogP contribution in [0.5, 0.6) is 0 Å². The van der Waals surface area contributed by atoms with Crippen LogP contribution in [0, 0.1) is 18.3 Å². The van der Waals surface area contributed by atoms with E-state index in [2.05, 4.69) is 39.3 Å². The largest absolute Gasteiger partial charge is 0.103 e. The molecule has 0 aromatic rings. The van der Waals surface area contributed by atoms with Crippen molar-refractivity contribution in [3.63, 3.8) is 0 Å². The highest BCUT2D eigenvalue weighted by atomic mass is 14.2. The van der Waals surface area contributed by atoms with Crippen molar-refractivity contribution in [3.8, 4) is 0 Å². The molecule has 2 radical (unpaired) electrons. The van der Waals surface area contributed by atoms with Gasteiger partial charge in [-0.2, -0.15) is 0 Å². The number of hydrogen-bond acceptors (Lipinski definition) is 0. The van der Waals surface area contributed by atoms with Crippen LogP contribution in [0.2, 0.25) is 0 Å². The summed E-state index contributed by atoms with van der Waals surface area (Å²) in [4.78, 5) is 0.